The maximum Gasteiger partial charge on any atom is 0.352 e. The molecule has 4 N–H and O–H groups in total. The highest BCUT2D eigenvalue weighted by Gasteiger charge is 2.30. The van der Waals surface area contributed by atoms with Crippen molar-refractivity contribution in [2.45, 2.75) is 39.5 Å². The molecule has 1 unspecified atom stereocenters. The summed E-state index contributed by atoms with van der Waals surface area (Å²) in [6.45, 7) is 6.83. The molecular weight excluding hydrogens is 439 g/mol. The number of hydrogen-bond donors (Lipinski definition) is 4. The van der Waals surface area contributed by atoms with Crippen LogP contribution in [0.15, 0.2) is 42.6 Å². The van der Waals surface area contributed by atoms with Gasteiger partial charge in [-0.3, -0.25) is 0 Å². The van der Waals surface area contributed by atoms with Crippen molar-refractivity contribution < 1.29 is 29.2 Å². The first-order chi connectivity index (χ1) is 15.9. The van der Waals surface area contributed by atoms with Crippen molar-refractivity contribution in [3.05, 3.63) is 87.6 Å². The molecule has 0 fully saturated rings. The van der Waals surface area contributed by atoms with E-state index in [0.717, 1.165) is 0 Å². The van der Waals surface area contributed by atoms with Crippen molar-refractivity contribution in [3.8, 4) is 11.5 Å². The third kappa shape index (κ3) is 4.18. The zero-order valence-corrected chi connectivity index (χ0v) is 19.6. The molecule has 1 aliphatic rings. The van der Waals surface area contributed by atoms with Crippen LogP contribution in [-0.4, -0.2) is 38.2 Å². The number of nitrogens with zero attached hydrogens (tertiary/aromatic N) is 1. The summed E-state index contributed by atoms with van der Waals surface area (Å²) in [5.41, 5.74) is 2.68. The Hall–Kier alpha value is -3.62. The molecule has 1 aromatic heterocycles. The monoisotopic (exact) mass is 466 g/mol. The fraction of sp³-hybridized carbons (Fsp3) is 0.269. The minimum absolute atomic E-state index is 0.0587. The molecule has 7 nitrogen and oxygen atoms in total. The molecule has 0 spiro atoms. The van der Waals surface area contributed by atoms with Gasteiger partial charge in [-0.05, 0) is 74.7 Å². The Morgan fingerprint density at radius 3 is 2.35 bits per heavy atom. The summed E-state index contributed by atoms with van der Waals surface area (Å²) in [6, 6.07) is 9.49. The summed E-state index contributed by atoms with van der Waals surface area (Å²) in [7, 11) is 1.67. The van der Waals surface area contributed by atoms with Gasteiger partial charge in [-0.15, -0.1) is 0 Å². The van der Waals surface area contributed by atoms with E-state index < -0.39 is 17.8 Å². The van der Waals surface area contributed by atoms with Gasteiger partial charge in [-0.2, -0.15) is 0 Å². The lowest BCUT2D eigenvalue weighted by Gasteiger charge is -2.30. The third-order valence-corrected chi connectivity index (χ3v) is 5.96. The minimum atomic E-state index is -1.15. The van der Waals surface area contributed by atoms with E-state index in [1.807, 2.05) is 0 Å². The Balaban J connectivity index is 1.93. The summed E-state index contributed by atoms with van der Waals surface area (Å²) >= 11 is 0. The van der Waals surface area contributed by atoms with E-state index in [9.17, 15) is 24.5 Å². The fourth-order valence-corrected chi connectivity index (χ4v) is 4.15. The number of aliphatic hydroxyl groups is 2. The van der Waals surface area contributed by atoms with Crippen LogP contribution in [0.4, 0.5) is 4.39 Å². The van der Waals surface area contributed by atoms with Crippen LogP contribution in [0.2, 0.25) is 0 Å². The summed E-state index contributed by atoms with van der Waals surface area (Å²) in [4.78, 5) is 15.9. The van der Waals surface area contributed by atoms with Gasteiger partial charge in [0.2, 0.25) is 0 Å². The summed E-state index contributed by atoms with van der Waals surface area (Å²) in [5.74, 6) is -0.568. The number of nitrogens with one attached hydrogen (secondary N) is 1. The Morgan fingerprint density at radius 2 is 1.76 bits per heavy atom. The van der Waals surface area contributed by atoms with Crippen molar-refractivity contribution in [1.82, 2.24) is 9.88 Å². The van der Waals surface area contributed by atoms with E-state index in [2.05, 4.69) is 4.98 Å². The number of halogens is 1. The van der Waals surface area contributed by atoms with Crippen molar-refractivity contribution in [2.24, 2.45) is 0 Å². The quantitative estimate of drug-likeness (QED) is 0.430. The van der Waals surface area contributed by atoms with Crippen LogP contribution in [-0.2, 0) is 5.60 Å². The molecule has 8 heteroatoms. The second-order valence-electron chi connectivity index (χ2n) is 9.14. The van der Waals surface area contributed by atoms with Gasteiger partial charge in [0, 0.05) is 29.9 Å². The lowest BCUT2D eigenvalue weighted by Crippen LogP contribution is -2.24. The van der Waals surface area contributed by atoms with Crippen molar-refractivity contribution in [3.63, 3.8) is 0 Å². The number of carbonyl (C=O) groups is 1. The van der Waals surface area contributed by atoms with Crippen LogP contribution in [0.25, 0.3) is 5.57 Å². The molecule has 4 rings (SSSR count). The Bertz CT molecular complexity index is 1300. The first kappa shape index (κ1) is 23.5. The third-order valence-electron chi connectivity index (χ3n) is 5.96. The topological polar surface area (TPSA) is 106 Å². The van der Waals surface area contributed by atoms with E-state index in [4.69, 9.17) is 4.74 Å². The van der Waals surface area contributed by atoms with Crippen LogP contribution < -0.4 is 4.74 Å². The van der Waals surface area contributed by atoms with Gasteiger partial charge in [0.15, 0.2) is 6.23 Å². The molecule has 2 aromatic carbocycles. The predicted molar refractivity (Wildman–Crippen MR) is 125 cm³/mol. The number of rotatable bonds is 5. The molecular formula is C26H27FN2O5. The van der Waals surface area contributed by atoms with Gasteiger partial charge in [0.05, 0.1) is 11.3 Å². The second-order valence-corrected chi connectivity index (χ2v) is 9.14. The number of benzene rings is 2. The van der Waals surface area contributed by atoms with Gasteiger partial charge < -0.3 is 29.9 Å². The highest BCUT2D eigenvalue weighted by atomic mass is 19.1. The number of aromatic nitrogens is 1. The molecule has 1 aliphatic heterocycles. The van der Waals surface area contributed by atoms with Crippen molar-refractivity contribution in [2.75, 3.05) is 7.05 Å². The Kier molecular flexibility index (Phi) is 5.75. The number of carboxylic acids is 1. The minimum Gasteiger partial charge on any atom is -0.477 e. The summed E-state index contributed by atoms with van der Waals surface area (Å²) < 4.78 is 20.1. The molecule has 0 saturated heterocycles. The van der Waals surface area contributed by atoms with Crippen molar-refractivity contribution >= 4 is 11.5 Å². The zero-order chi connectivity index (χ0) is 24.9. The number of aromatic amines is 1. The van der Waals surface area contributed by atoms with Gasteiger partial charge in [0.1, 0.15) is 23.0 Å². The number of aryl methyl sites for hydroxylation is 2. The van der Waals surface area contributed by atoms with Gasteiger partial charge in [-0.1, -0.05) is 6.07 Å². The maximum absolute atomic E-state index is 13.8. The van der Waals surface area contributed by atoms with Crippen LogP contribution in [0.3, 0.4) is 0 Å². The molecule has 34 heavy (non-hydrogen) atoms. The van der Waals surface area contributed by atoms with Gasteiger partial charge in [0.25, 0.3) is 0 Å². The molecule has 0 amide bonds. The normalized spacial score (nSPS) is 15.7. The number of carboxylic acid groups (broad SMARTS) is 1. The molecule has 0 saturated carbocycles. The number of fused-ring (bicyclic) bond motifs is 1. The van der Waals surface area contributed by atoms with Crippen LogP contribution in [0, 0.1) is 19.7 Å². The van der Waals surface area contributed by atoms with Gasteiger partial charge >= 0.3 is 5.97 Å². The second kappa shape index (κ2) is 8.30. The predicted octanol–water partition coefficient (Wildman–Crippen LogP) is 4.81. The van der Waals surface area contributed by atoms with E-state index in [1.165, 1.54) is 18.2 Å². The van der Waals surface area contributed by atoms with E-state index >= 15 is 0 Å². The Morgan fingerprint density at radius 1 is 1.12 bits per heavy atom. The smallest absolute Gasteiger partial charge is 0.352 e. The average Bonchev–Trinajstić information content (AvgIpc) is 3.19. The summed E-state index contributed by atoms with van der Waals surface area (Å²) in [6.07, 6.45) is 0.642. The zero-order valence-electron chi connectivity index (χ0n) is 19.6. The van der Waals surface area contributed by atoms with E-state index in [1.54, 1.807) is 64.0 Å². The van der Waals surface area contributed by atoms with Gasteiger partial charge in [-0.25, -0.2) is 9.18 Å². The molecule has 1 atom stereocenters. The molecule has 0 aliphatic carbocycles. The highest BCUT2D eigenvalue weighted by molar-refractivity contribution is 5.91. The number of aromatic carboxylic acids is 1. The first-order valence-electron chi connectivity index (χ1n) is 10.8. The van der Waals surface area contributed by atoms with E-state index in [-0.39, 0.29) is 11.5 Å². The molecule has 0 radical (unpaired) electrons. The number of aliphatic hydroxyl groups excluding tert-OH is 1. The molecule has 0 bridgehead atoms. The van der Waals surface area contributed by atoms with E-state index in [0.29, 0.717) is 50.6 Å². The SMILES string of the molecule is Cc1cc(F)cc(C)c1Oc1ccc(C(C)(C)O)cc1C1=CN(C)C(O)c2[nH]c(C(=O)O)cc21. The number of H-pyrrole nitrogens is 1. The number of hydrogen-bond acceptors (Lipinski definition) is 5. The van der Waals surface area contributed by atoms with Crippen LogP contribution >= 0.6 is 0 Å². The average molecular weight is 467 g/mol. The molecule has 3 aromatic rings. The molecule has 2 heterocycles. The first-order valence-corrected chi connectivity index (χ1v) is 10.8. The van der Waals surface area contributed by atoms with Crippen molar-refractivity contribution in [1.29, 1.82) is 0 Å². The molecule has 178 valence electrons. The maximum atomic E-state index is 13.8. The largest absolute Gasteiger partial charge is 0.477 e. The lowest BCUT2D eigenvalue weighted by atomic mass is 9.90. The Labute approximate surface area is 196 Å². The highest BCUT2D eigenvalue weighted by Crippen LogP contribution is 2.43. The number of ether oxygens (including phenoxy) is 1. The summed E-state index contributed by atoms with van der Waals surface area (Å²) in [5, 5.41) is 30.8. The van der Waals surface area contributed by atoms with Crippen LogP contribution in [0.1, 0.15) is 64.1 Å². The lowest BCUT2D eigenvalue weighted by molar-refractivity contribution is 0.0484. The van der Waals surface area contributed by atoms with Crippen LogP contribution in [0.5, 0.6) is 11.5 Å². The standard InChI is InChI=1S/C26H27FN2O5/c1-13-8-16(27)9-14(2)23(13)34-21-7-6-15(26(3,4)33)10-17(21)19-12-29(5)24(30)22-18(19)11-20(28-22)25(31)32/h6-12,24,28,30,33H,1-5H3,(H,31,32). The fourth-order valence-electron chi connectivity index (χ4n) is 4.15.